The van der Waals surface area contributed by atoms with Crippen LogP contribution in [-0.2, 0) is 0 Å². The summed E-state index contributed by atoms with van der Waals surface area (Å²) in [6, 6.07) is 6.88. The Hall–Kier alpha value is -1.13. The van der Waals surface area contributed by atoms with Gasteiger partial charge in [0, 0.05) is 45.0 Å². The highest BCUT2D eigenvalue weighted by Gasteiger charge is 2.18. The molecule has 0 unspecified atom stereocenters. The molecule has 21 heavy (non-hydrogen) atoms. The molecule has 2 aliphatic heterocycles. The molecule has 0 amide bonds. The predicted octanol–water partition coefficient (Wildman–Crippen LogP) is 2.43. The van der Waals surface area contributed by atoms with Gasteiger partial charge in [-0.3, -0.25) is 4.90 Å². The Morgan fingerprint density at radius 2 is 1.29 bits per heavy atom. The standard InChI is InChI=1S/C17H26FN3/c18-16-4-6-17(7-5-16)21-14-12-20(13-15-21)11-10-19-8-2-1-3-9-19/h4-7H,1-3,8-15H2. The number of nitrogens with zero attached hydrogens (tertiary/aromatic N) is 3. The highest BCUT2D eigenvalue weighted by Crippen LogP contribution is 2.17. The van der Waals surface area contributed by atoms with Gasteiger partial charge < -0.3 is 9.80 Å². The van der Waals surface area contributed by atoms with Gasteiger partial charge in [-0.05, 0) is 50.2 Å². The summed E-state index contributed by atoms with van der Waals surface area (Å²) in [6.45, 7) is 9.31. The topological polar surface area (TPSA) is 9.72 Å². The van der Waals surface area contributed by atoms with Crippen molar-refractivity contribution >= 4 is 5.69 Å². The third kappa shape index (κ3) is 4.17. The molecule has 0 radical (unpaired) electrons. The van der Waals surface area contributed by atoms with Crippen molar-refractivity contribution in [3.63, 3.8) is 0 Å². The van der Waals surface area contributed by atoms with Crippen molar-refractivity contribution in [2.45, 2.75) is 19.3 Å². The normalized spacial score (nSPS) is 21.7. The summed E-state index contributed by atoms with van der Waals surface area (Å²) < 4.78 is 13.0. The number of halogens is 1. The van der Waals surface area contributed by atoms with Crippen LogP contribution in [0, 0.1) is 5.82 Å². The van der Waals surface area contributed by atoms with Gasteiger partial charge in [-0.1, -0.05) is 6.42 Å². The van der Waals surface area contributed by atoms with Crippen LogP contribution in [0.25, 0.3) is 0 Å². The molecule has 116 valence electrons. The summed E-state index contributed by atoms with van der Waals surface area (Å²) in [5.41, 5.74) is 1.15. The van der Waals surface area contributed by atoms with Gasteiger partial charge in [-0.25, -0.2) is 4.39 Å². The van der Waals surface area contributed by atoms with Crippen LogP contribution in [0.2, 0.25) is 0 Å². The van der Waals surface area contributed by atoms with Crippen molar-refractivity contribution in [1.29, 1.82) is 0 Å². The van der Waals surface area contributed by atoms with Gasteiger partial charge in [-0.2, -0.15) is 0 Å². The number of piperazine rings is 1. The Morgan fingerprint density at radius 3 is 1.90 bits per heavy atom. The number of anilines is 1. The maximum atomic E-state index is 13.0. The van der Waals surface area contributed by atoms with Gasteiger partial charge in [0.1, 0.15) is 5.82 Å². The van der Waals surface area contributed by atoms with E-state index in [-0.39, 0.29) is 5.82 Å². The maximum absolute atomic E-state index is 13.0. The zero-order chi connectivity index (χ0) is 14.5. The second-order valence-electron chi connectivity index (χ2n) is 6.21. The molecule has 0 bridgehead atoms. The van der Waals surface area contributed by atoms with Gasteiger partial charge in [0.05, 0.1) is 0 Å². The SMILES string of the molecule is Fc1ccc(N2CCN(CCN3CCCCC3)CC2)cc1. The van der Waals surface area contributed by atoms with Crippen molar-refractivity contribution in [3.05, 3.63) is 30.1 Å². The van der Waals surface area contributed by atoms with E-state index in [1.54, 1.807) is 12.1 Å². The Kier molecular flexibility index (Phi) is 5.09. The molecule has 0 aromatic heterocycles. The van der Waals surface area contributed by atoms with E-state index in [9.17, 15) is 4.39 Å². The number of benzene rings is 1. The zero-order valence-corrected chi connectivity index (χ0v) is 12.8. The smallest absolute Gasteiger partial charge is 0.123 e. The molecule has 0 atom stereocenters. The third-order valence-electron chi connectivity index (χ3n) is 4.75. The minimum Gasteiger partial charge on any atom is -0.369 e. The molecular formula is C17H26FN3. The van der Waals surface area contributed by atoms with Crippen LogP contribution in [0.4, 0.5) is 10.1 Å². The minimum absolute atomic E-state index is 0.154. The molecule has 0 N–H and O–H groups in total. The lowest BCUT2D eigenvalue weighted by atomic mass is 10.1. The van der Waals surface area contributed by atoms with E-state index < -0.39 is 0 Å². The van der Waals surface area contributed by atoms with E-state index in [1.165, 1.54) is 45.4 Å². The molecule has 2 saturated heterocycles. The minimum atomic E-state index is -0.154. The summed E-state index contributed by atoms with van der Waals surface area (Å²) >= 11 is 0. The molecule has 4 heteroatoms. The van der Waals surface area contributed by atoms with Crippen molar-refractivity contribution in [2.75, 3.05) is 57.3 Å². The van der Waals surface area contributed by atoms with Crippen molar-refractivity contribution in [2.24, 2.45) is 0 Å². The molecule has 1 aromatic carbocycles. The van der Waals surface area contributed by atoms with Gasteiger partial charge in [-0.15, -0.1) is 0 Å². The molecule has 3 rings (SSSR count). The second-order valence-corrected chi connectivity index (χ2v) is 6.21. The molecule has 2 fully saturated rings. The highest BCUT2D eigenvalue weighted by atomic mass is 19.1. The van der Waals surface area contributed by atoms with Gasteiger partial charge in [0.15, 0.2) is 0 Å². The number of rotatable bonds is 4. The van der Waals surface area contributed by atoms with Crippen LogP contribution in [0.3, 0.4) is 0 Å². The third-order valence-corrected chi connectivity index (χ3v) is 4.75. The molecular weight excluding hydrogens is 265 g/mol. The number of likely N-dealkylation sites (tertiary alicyclic amines) is 1. The average molecular weight is 291 g/mol. The first-order chi connectivity index (χ1) is 10.3. The average Bonchev–Trinajstić information content (AvgIpc) is 2.55. The van der Waals surface area contributed by atoms with Crippen molar-refractivity contribution in [1.82, 2.24) is 9.80 Å². The fourth-order valence-electron chi connectivity index (χ4n) is 3.35. The van der Waals surface area contributed by atoms with E-state index >= 15 is 0 Å². The van der Waals surface area contributed by atoms with Crippen molar-refractivity contribution in [3.8, 4) is 0 Å². The van der Waals surface area contributed by atoms with Gasteiger partial charge in [0.2, 0.25) is 0 Å². The highest BCUT2D eigenvalue weighted by molar-refractivity contribution is 5.46. The monoisotopic (exact) mass is 291 g/mol. The lowest BCUT2D eigenvalue weighted by Gasteiger charge is -2.37. The van der Waals surface area contributed by atoms with Crippen LogP contribution in [0.15, 0.2) is 24.3 Å². The van der Waals surface area contributed by atoms with Crippen LogP contribution < -0.4 is 4.90 Å². The molecule has 0 saturated carbocycles. The number of hydrogen-bond donors (Lipinski definition) is 0. The molecule has 2 heterocycles. The van der Waals surface area contributed by atoms with Gasteiger partial charge >= 0.3 is 0 Å². The maximum Gasteiger partial charge on any atom is 0.123 e. The lowest BCUT2D eigenvalue weighted by Crippen LogP contribution is -2.48. The Morgan fingerprint density at radius 1 is 0.714 bits per heavy atom. The Balaban J connectivity index is 1.41. The number of hydrogen-bond acceptors (Lipinski definition) is 3. The van der Waals surface area contributed by atoms with E-state index in [0.717, 1.165) is 31.9 Å². The van der Waals surface area contributed by atoms with Crippen LogP contribution in [0.5, 0.6) is 0 Å². The van der Waals surface area contributed by atoms with Crippen LogP contribution in [-0.4, -0.2) is 62.2 Å². The Labute approximate surface area is 127 Å². The molecule has 1 aromatic rings. The molecule has 0 spiro atoms. The number of piperidine rings is 1. The first kappa shape index (κ1) is 14.8. The molecule has 0 aliphatic carbocycles. The quantitative estimate of drug-likeness (QED) is 0.843. The fraction of sp³-hybridized carbons (Fsp3) is 0.647. The summed E-state index contributed by atoms with van der Waals surface area (Å²) in [7, 11) is 0. The summed E-state index contributed by atoms with van der Waals surface area (Å²) in [5, 5.41) is 0. The van der Waals surface area contributed by atoms with E-state index in [1.807, 2.05) is 12.1 Å². The second kappa shape index (κ2) is 7.23. The van der Waals surface area contributed by atoms with E-state index in [2.05, 4.69) is 14.7 Å². The van der Waals surface area contributed by atoms with Crippen molar-refractivity contribution < 1.29 is 4.39 Å². The first-order valence-electron chi connectivity index (χ1n) is 8.26. The first-order valence-corrected chi connectivity index (χ1v) is 8.26. The van der Waals surface area contributed by atoms with E-state index in [4.69, 9.17) is 0 Å². The molecule has 3 nitrogen and oxygen atoms in total. The summed E-state index contributed by atoms with van der Waals surface area (Å²) in [5.74, 6) is -0.154. The van der Waals surface area contributed by atoms with Gasteiger partial charge in [0.25, 0.3) is 0 Å². The van der Waals surface area contributed by atoms with Crippen LogP contribution >= 0.6 is 0 Å². The largest absolute Gasteiger partial charge is 0.369 e. The molecule has 2 aliphatic rings. The lowest BCUT2D eigenvalue weighted by molar-refractivity contribution is 0.177. The predicted molar refractivity (Wildman–Crippen MR) is 85.3 cm³/mol. The fourth-order valence-corrected chi connectivity index (χ4v) is 3.35. The Bertz CT molecular complexity index is 420. The summed E-state index contributed by atoms with van der Waals surface area (Å²) in [6.07, 6.45) is 4.16. The van der Waals surface area contributed by atoms with E-state index in [0.29, 0.717) is 0 Å². The zero-order valence-electron chi connectivity index (χ0n) is 12.8. The summed E-state index contributed by atoms with van der Waals surface area (Å²) in [4.78, 5) is 7.53. The van der Waals surface area contributed by atoms with Crippen LogP contribution in [0.1, 0.15) is 19.3 Å².